The molecule has 0 saturated carbocycles. The van der Waals surface area contributed by atoms with Gasteiger partial charge in [-0.25, -0.2) is 0 Å². The number of aromatic hydroxyl groups is 1. The molecule has 0 fully saturated rings. The summed E-state index contributed by atoms with van der Waals surface area (Å²) >= 11 is 0. The van der Waals surface area contributed by atoms with Crippen LogP contribution in [-0.2, 0) is 25.8 Å². The minimum Gasteiger partial charge on any atom is -0.508 e. The molecule has 0 atom stereocenters. The smallest absolute Gasteiger partial charge is 0.364 e. The molecule has 0 amide bonds. The molecule has 7 N–H and O–H groups in total. The van der Waals surface area contributed by atoms with E-state index in [2.05, 4.69) is 5.32 Å². The number of benzene rings is 1. The van der Waals surface area contributed by atoms with Crippen LogP contribution in [0.1, 0.15) is 5.56 Å². The van der Waals surface area contributed by atoms with Gasteiger partial charge in [-0.05, 0) is 29.8 Å². The summed E-state index contributed by atoms with van der Waals surface area (Å²) in [5.74, 6) is -0.291. The molecule has 1 rings (SSSR count). The van der Waals surface area contributed by atoms with Crippen LogP contribution in [0.15, 0.2) is 34.2 Å². The molecule has 0 aliphatic carbocycles. The molecule has 0 spiro atoms. The lowest BCUT2D eigenvalue weighted by Gasteiger charge is -2.12. The largest absolute Gasteiger partial charge is 0.508 e. The summed E-state index contributed by atoms with van der Waals surface area (Å²) in [6.45, 7) is -0.707. The summed E-state index contributed by atoms with van der Waals surface area (Å²) in [6.07, 6.45) is 0.595. The summed E-state index contributed by atoms with van der Waals surface area (Å²) in [7, 11) is -14.9. The van der Waals surface area contributed by atoms with Crippen molar-refractivity contribution in [1.82, 2.24) is 5.32 Å². The van der Waals surface area contributed by atoms with E-state index in [9.17, 15) is 22.7 Å². The normalized spacial score (nSPS) is 12.9. The van der Waals surface area contributed by atoms with Crippen molar-refractivity contribution in [1.29, 1.82) is 0 Å². The molecular formula is C10H15NO10P2S. The fourth-order valence-electron chi connectivity index (χ4n) is 1.73. The Morgan fingerprint density at radius 3 is 2.12 bits per heavy atom. The summed E-state index contributed by atoms with van der Waals surface area (Å²) in [4.78, 5) is 35.1. The van der Waals surface area contributed by atoms with Crippen LogP contribution in [0.4, 0.5) is 0 Å². The lowest BCUT2D eigenvalue weighted by Crippen LogP contribution is -2.16. The van der Waals surface area contributed by atoms with Gasteiger partial charge in [0.25, 0.3) is 10.1 Å². The predicted octanol–water partition coefficient (Wildman–Crippen LogP) is -0.0747. The van der Waals surface area contributed by atoms with E-state index in [0.717, 1.165) is 18.2 Å². The first-order valence-electron chi connectivity index (χ1n) is 6.05. The van der Waals surface area contributed by atoms with E-state index in [-0.39, 0.29) is 17.9 Å². The highest BCUT2D eigenvalue weighted by Crippen LogP contribution is 2.63. The summed E-state index contributed by atoms with van der Waals surface area (Å²) in [6, 6.07) is 3.02. The van der Waals surface area contributed by atoms with E-state index in [4.69, 9.17) is 24.1 Å². The van der Waals surface area contributed by atoms with E-state index in [1.807, 2.05) is 0 Å². The average molecular weight is 403 g/mol. The first-order valence-corrected chi connectivity index (χ1v) is 10.7. The molecular weight excluding hydrogens is 388 g/mol. The Labute approximate surface area is 136 Å². The summed E-state index contributed by atoms with van der Waals surface area (Å²) in [5.41, 5.74) is -0.0557. The first-order chi connectivity index (χ1) is 10.7. The second-order valence-corrected chi connectivity index (χ2v) is 9.43. The zero-order chi connectivity index (χ0) is 18.8. The van der Waals surface area contributed by atoms with Gasteiger partial charge in [0, 0.05) is 13.1 Å². The van der Waals surface area contributed by atoms with Gasteiger partial charge in [-0.3, -0.25) is 13.7 Å². The maximum atomic E-state index is 11.2. The topological polar surface area (TPSA) is 202 Å². The Morgan fingerprint density at radius 1 is 1.12 bits per heavy atom. The molecule has 0 radical (unpaired) electrons. The Balaban J connectivity index is 2.96. The van der Waals surface area contributed by atoms with E-state index < -0.39 is 41.8 Å². The molecule has 136 valence electrons. The molecule has 1 aromatic carbocycles. The first kappa shape index (κ1) is 21.0. The van der Waals surface area contributed by atoms with Crippen LogP contribution < -0.4 is 5.32 Å². The number of hydrogen-bond acceptors (Lipinski definition) is 6. The molecule has 0 aliphatic heterocycles. The van der Waals surface area contributed by atoms with E-state index in [0.29, 0.717) is 6.08 Å². The minimum absolute atomic E-state index is 0.0557. The van der Waals surface area contributed by atoms with Crippen LogP contribution in [0.3, 0.4) is 0 Å². The molecule has 0 unspecified atom stereocenters. The third-order valence-electron chi connectivity index (χ3n) is 2.66. The van der Waals surface area contributed by atoms with Crippen molar-refractivity contribution in [3.8, 4) is 5.75 Å². The second-order valence-electron chi connectivity index (χ2n) is 4.55. The molecule has 1 aromatic rings. The molecule has 0 heterocycles. The van der Waals surface area contributed by atoms with Crippen LogP contribution in [0.25, 0.3) is 0 Å². The van der Waals surface area contributed by atoms with Gasteiger partial charge in [0.05, 0.1) is 4.90 Å². The lowest BCUT2D eigenvalue weighted by atomic mass is 10.2. The van der Waals surface area contributed by atoms with Gasteiger partial charge in [-0.1, -0.05) is 0 Å². The third-order valence-corrected chi connectivity index (χ3v) is 6.74. The maximum absolute atomic E-state index is 11.2. The highest BCUT2D eigenvalue weighted by atomic mass is 32.2. The zero-order valence-corrected chi connectivity index (χ0v) is 14.4. The van der Waals surface area contributed by atoms with Crippen LogP contribution in [0, 0.1) is 0 Å². The second kappa shape index (κ2) is 7.44. The Bertz CT molecular complexity index is 813. The third kappa shape index (κ3) is 6.10. The van der Waals surface area contributed by atoms with Crippen molar-refractivity contribution >= 4 is 25.3 Å². The Hall–Kier alpha value is -1.07. The monoisotopic (exact) mass is 403 g/mol. The highest BCUT2D eigenvalue weighted by Gasteiger charge is 2.35. The lowest BCUT2D eigenvalue weighted by molar-refractivity contribution is 0.367. The standard InChI is InChI=1S/C10H15NO10P2S/c12-8-1-2-9(24(19,20)21)7(5-8)6-11-4-3-10(22(13,14)15)23(16,17)18/h1-3,5,11-12H,4,6H2,(H2,13,14,15)(H2,16,17,18)(H,19,20,21). The van der Waals surface area contributed by atoms with Crippen LogP contribution >= 0.6 is 15.2 Å². The molecule has 0 bridgehead atoms. The number of hydrogen-bond donors (Lipinski definition) is 7. The van der Waals surface area contributed by atoms with E-state index in [1.54, 1.807) is 0 Å². The van der Waals surface area contributed by atoms with Crippen molar-refractivity contribution in [3.05, 3.63) is 34.9 Å². The fraction of sp³-hybridized carbons (Fsp3) is 0.200. The van der Waals surface area contributed by atoms with Crippen molar-refractivity contribution in [2.45, 2.75) is 11.4 Å². The van der Waals surface area contributed by atoms with Crippen molar-refractivity contribution in [3.63, 3.8) is 0 Å². The van der Waals surface area contributed by atoms with E-state index >= 15 is 0 Å². The molecule has 0 aromatic heterocycles. The van der Waals surface area contributed by atoms with Gasteiger partial charge in [-0.2, -0.15) is 8.42 Å². The molecule has 14 heteroatoms. The average Bonchev–Trinajstić information content (AvgIpc) is 2.33. The maximum Gasteiger partial charge on any atom is 0.364 e. The molecule has 0 aliphatic rings. The quantitative estimate of drug-likeness (QED) is 0.182. The minimum atomic E-state index is -5.17. The predicted molar refractivity (Wildman–Crippen MR) is 81.8 cm³/mol. The van der Waals surface area contributed by atoms with E-state index in [1.165, 1.54) is 0 Å². The van der Waals surface area contributed by atoms with Crippen molar-refractivity contribution in [2.24, 2.45) is 0 Å². The summed E-state index contributed by atoms with van der Waals surface area (Å²) in [5, 5.41) is 10.4. The number of phenolic OH excluding ortho intramolecular Hbond substituents is 1. The molecule has 11 nitrogen and oxygen atoms in total. The fourth-order valence-corrected chi connectivity index (χ4v) is 4.45. The zero-order valence-electron chi connectivity index (χ0n) is 11.8. The van der Waals surface area contributed by atoms with Crippen LogP contribution in [0.2, 0.25) is 0 Å². The van der Waals surface area contributed by atoms with Crippen LogP contribution in [0.5, 0.6) is 5.75 Å². The Kier molecular flexibility index (Phi) is 6.50. The van der Waals surface area contributed by atoms with Crippen molar-refractivity contribution < 1.29 is 46.8 Å². The van der Waals surface area contributed by atoms with Crippen molar-refractivity contribution in [2.75, 3.05) is 6.54 Å². The Morgan fingerprint density at radius 2 is 1.67 bits per heavy atom. The molecule has 24 heavy (non-hydrogen) atoms. The number of rotatable bonds is 7. The van der Waals surface area contributed by atoms with Gasteiger partial charge in [0.1, 0.15) is 10.8 Å². The van der Waals surface area contributed by atoms with Gasteiger partial charge in [0.2, 0.25) is 0 Å². The number of nitrogens with one attached hydrogen (secondary N) is 1. The SMILES string of the molecule is O=P(O)(O)C(=CCNCc1cc(O)ccc1S(=O)(=O)O)P(=O)(O)O. The van der Waals surface area contributed by atoms with Gasteiger partial charge in [-0.15, -0.1) is 0 Å². The van der Waals surface area contributed by atoms with Crippen LogP contribution in [-0.4, -0.2) is 44.2 Å². The highest BCUT2D eigenvalue weighted by molar-refractivity contribution is 7.85. The van der Waals surface area contributed by atoms with Gasteiger partial charge >= 0.3 is 15.2 Å². The van der Waals surface area contributed by atoms with Gasteiger partial charge in [0.15, 0.2) is 0 Å². The number of phenols is 1. The summed E-state index contributed by atoms with van der Waals surface area (Å²) < 4.78 is 53.5. The molecule has 0 saturated heterocycles. The van der Waals surface area contributed by atoms with Gasteiger partial charge < -0.3 is 30.0 Å².